The van der Waals surface area contributed by atoms with E-state index in [0.717, 1.165) is 21.5 Å². The third-order valence-corrected chi connectivity index (χ3v) is 4.43. The molecule has 0 atom stereocenters. The number of halogens is 2. The van der Waals surface area contributed by atoms with Crippen LogP contribution in [0.25, 0.3) is 0 Å². The van der Waals surface area contributed by atoms with E-state index in [9.17, 15) is 19.3 Å². The van der Waals surface area contributed by atoms with E-state index in [-0.39, 0.29) is 5.56 Å². The lowest BCUT2D eigenvalue weighted by Gasteiger charge is -2.04. The second kappa shape index (κ2) is 6.10. The topological polar surface area (TPSA) is 72.2 Å². The minimum atomic E-state index is -0.965. The van der Waals surface area contributed by atoms with Gasteiger partial charge in [0.05, 0.1) is 11.5 Å². The quantitative estimate of drug-likeness (QED) is 0.671. The van der Waals surface area contributed by atoms with Crippen LogP contribution < -0.4 is 5.32 Å². The molecular formula is C12H8BrFN2O3S. The van der Waals surface area contributed by atoms with Crippen LogP contribution in [0, 0.1) is 15.9 Å². The summed E-state index contributed by atoms with van der Waals surface area (Å²) in [5.41, 5.74) is -0.666. The molecule has 0 aliphatic rings. The van der Waals surface area contributed by atoms with Gasteiger partial charge in [0.25, 0.3) is 5.91 Å². The number of hydrogen-bond donors (Lipinski definition) is 1. The summed E-state index contributed by atoms with van der Waals surface area (Å²) < 4.78 is 14.1. The summed E-state index contributed by atoms with van der Waals surface area (Å²) >= 11 is 4.80. The second-order valence-electron chi connectivity index (χ2n) is 3.80. The highest BCUT2D eigenvalue weighted by Crippen LogP contribution is 2.22. The van der Waals surface area contributed by atoms with Crippen molar-refractivity contribution in [2.45, 2.75) is 6.54 Å². The predicted molar refractivity (Wildman–Crippen MR) is 76.2 cm³/mol. The highest BCUT2D eigenvalue weighted by molar-refractivity contribution is 9.10. The maximum absolute atomic E-state index is 13.2. The van der Waals surface area contributed by atoms with Gasteiger partial charge in [-0.2, -0.15) is 4.39 Å². The Morgan fingerprint density at radius 1 is 1.45 bits per heavy atom. The zero-order valence-corrected chi connectivity index (χ0v) is 12.3. The summed E-state index contributed by atoms with van der Waals surface area (Å²) in [5.74, 6) is -1.46. The highest BCUT2D eigenvalue weighted by atomic mass is 79.9. The van der Waals surface area contributed by atoms with E-state index < -0.39 is 22.3 Å². The fourth-order valence-electron chi connectivity index (χ4n) is 1.51. The van der Waals surface area contributed by atoms with Crippen molar-refractivity contribution >= 4 is 38.9 Å². The van der Waals surface area contributed by atoms with Crippen molar-refractivity contribution < 1.29 is 14.1 Å². The van der Waals surface area contributed by atoms with Crippen LogP contribution in [0.1, 0.15) is 15.2 Å². The summed E-state index contributed by atoms with van der Waals surface area (Å²) in [4.78, 5) is 22.6. The van der Waals surface area contributed by atoms with Crippen molar-refractivity contribution in [3.63, 3.8) is 0 Å². The molecule has 0 spiro atoms. The number of nitro groups is 1. The molecule has 0 unspecified atom stereocenters. The Balaban J connectivity index is 2.12. The molecule has 1 aromatic heterocycles. The Kier molecular flexibility index (Phi) is 4.46. The van der Waals surface area contributed by atoms with Gasteiger partial charge in [-0.1, -0.05) is 0 Å². The number of nitro benzene ring substituents is 1. The van der Waals surface area contributed by atoms with Crippen molar-refractivity contribution in [2.75, 3.05) is 0 Å². The third kappa shape index (κ3) is 3.20. The minimum Gasteiger partial charge on any atom is -0.347 e. The van der Waals surface area contributed by atoms with Crippen LogP contribution in [0.3, 0.4) is 0 Å². The molecule has 8 heteroatoms. The van der Waals surface area contributed by atoms with Gasteiger partial charge in [0.1, 0.15) is 0 Å². The number of nitrogens with one attached hydrogen (secondary N) is 1. The van der Waals surface area contributed by atoms with Gasteiger partial charge < -0.3 is 5.32 Å². The molecule has 2 rings (SSSR count). The molecule has 0 radical (unpaired) electrons. The first-order valence-corrected chi connectivity index (χ1v) is 7.10. The summed E-state index contributed by atoms with van der Waals surface area (Å²) in [6, 6.07) is 4.90. The number of nitrogens with zero attached hydrogens (tertiary/aromatic N) is 1. The largest absolute Gasteiger partial charge is 0.347 e. The number of benzene rings is 1. The Morgan fingerprint density at radius 2 is 2.20 bits per heavy atom. The molecule has 1 heterocycles. The van der Waals surface area contributed by atoms with E-state index in [2.05, 4.69) is 21.2 Å². The fraction of sp³-hybridized carbons (Fsp3) is 0.0833. The van der Waals surface area contributed by atoms with Gasteiger partial charge in [-0.05, 0) is 39.5 Å². The van der Waals surface area contributed by atoms with E-state index in [1.807, 2.05) is 11.4 Å². The molecule has 0 bridgehead atoms. The molecule has 0 aliphatic carbocycles. The number of amides is 1. The Hall–Kier alpha value is -1.80. The zero-order chi connectivity index (χ0) is 14.7. The number of hydrogen-bond acceptors (Lipinski definition) is 4. The van der Waals surface area contributed by atoms with Crippen LogP contribution >= 0.6 is 27.3 Å². The molecule has 2 aromatic rings. The first-order chi connectivity index (χ1) is 9.49. The van der Waals surface area contributed by atoms with Crippen LogP contribution in [0.2, 0.25) is 0 Å². The number of carbonyl (C=O) groups is 1. The van der Waals surface area contributed by atoms with Crippen molar-refractivity contribution in [1.82, 2.24) is 5.32 Å². The van der Waals surface area contributed by atoms with Gasteiger partial charge >= 0.3 is 5.69 Å². The molecule has 0 fully saturated rings. The molecule has 0 aliphatic heterocycles. The molecule has 1 amide bonds. The Morgan fingerprint density at radius 3 is 2.80 bits per heavy atom. The van der Waals surface area contributed by atoms with Gasteiger partial charge in [-0.3, -0.25) is 14.9 Å². The summed E-state index contributed by atoms with van der Waals surface area (Å²) in [5, 5.41) is 15.1. The molecule has 20 heavy (non-hydrogen) atoms. The highest BCUT2D eigenvalue weighted by Gasteiger charge is 2.17. The Bertz CT molecular complexity index is 674. The monoisotopic (exact) mass is 358 g/mol. The van der Waals surface area contributed by atoms with E-state index in [0.29, 0.717) is 6.54 Å². The normalized spacial score (nSPS) is 10.3. The fourth-order valence-corrected chi connectivity index (χ4v) is 2.94. The van der Waals surface area contributed by atoms with Gasteiger partial charge in [-0.15, -0.1) is 11.3 Å². The maximum Gasteiger partial charge on any atom is 0.305 e. The first-order valence-electron chi connectivity index (χ1n) is 5.43. The lowest BCUT2D eigenvalue weighted by Crippen LogP contribution is -2.22. The molecule has 1 N–H and O–H groups in total. The molecule has 104 valence electrons. The predicted octanol–water partition coefficient (Wildman–Crippen LogP) is 3.49. The van der Waals surface area contributed by atoms with Crippen molar-refractivity contribution in [3.8, 4) is 0 Å². The number of rotatable bonds is 4. The first kappa shape index (κ1) is 14.6. The van der Waals surface area contributed by atoms with Crippen molar-refractivity contribution in [3.05, 3.63) is 60.5 Å². The molecule has 0 saturated carbocycles. The van der Waals surface area contributed by atoms with Gasteiger partial charge in [0.15, 0.2) is 0 Å². The average molecular weight is 359 g/mol. The standard InChI is InChI=1S/C12H8BrFN2O3S/c13-8-3-4-20-11(8)6-15-12(17)7-1-2-9(14)10(5-7)16(18)19/h1-5H,6H2,(H,15,17). The summed E-state index contributed by atoms with van der Waals surface area (Å²) in [6.07, 6.45) is 0. The summed E-state index contributed by atoms with van der Waals surface area (Å²) in [7, 11) is 0. The molecule has 0 saturated heterocycles. The van der Waals surface area contributed by atoms with Gasteiger partial charge in [0.2, 0.25) is 5.82 Å². The number of carbonyl (C=O) groups excluding carboxylic acids is 1. The molecule has 5 nitrogen and oxygen atoms in total. The van der Waals surface area contributed by atoms with Crippen LogP contribution in [-0.4, -0.2) is 10.8 Å². The molecule has 1 aromatic carbocycles. The lowest BCUT2D eigenvalue weighted by atomic mass is 10.2. The smallest absolute Gasteiger partial charge is 0.305 e. The van der Waals surface area contributed by atoms with E-state index in [1.165, 1.54) is 17.4 Å². The average Bonchev–Trinajstić information content (AvgIpc) is 2.81. The van der Waals surface area contributed by atoms with Crippen LogP contribution in [0.15, 0.2) is 34.1 Å². The van der Waals surface area contributed by atoms with Crippen LogP contribution in [0.4, 0.5) is 10.1 Å². The van der Waals surface area contributed by atoms with E-state index in [1.54, 1.807) is 0 Å². The third-order valence-electron chi connectivity index (χ3n) is 2.51. The minimum absolute atomic E-state index is 0.0470. The lowest BCUT2D eigenvalue weighted by molar-refractivity contribution is -0.387. The van der Waals surface area contributed by atoms with Crippen LogP contribution in [0.5, 0.6) is 0 Å². The van der Waals surface area contributed by atoms with Crippen molar-refractivity contribution in [2.24, 2.45) is 0 Å². The zero-order valence-electron chi connectivity index (χ0n) is 9.93. The number of thiophene rings is 1. The van der Waals surface area contributed by atoms with E-state index in [4.69, 9.17) is 0 Å². The van der Waals surface area contributed by atoms with Crippen LogP contribution in [-0.2, 0) is 6.54 Å². The second-order valence-corrected chi connectivity index (χ2v) is 5.65. The SMILES string of the molecule is O=C(NCc1sccc1Br)c1ccc(F)c([N+](=O)[O-])c1. The molecular weight excluding hydrogens is 351 g/mol. The van der Waals surface area contributed by atoms with Gasteiger partial charge in [0, 0.05) is 21.0 Å². The Labute approximate surface area is 125 Å². The van der Waals surface area contributed by atoms with E-state index >= 15 is 0 Å². The van der Waals surface area contributed by atoms with Gasteiger partial charge in [-0.25, -0.2) is 0 Å². The van der Waals surface area contributed by atoms with Crippen molar-refractivity contribution in [1.29, 1.82) is 0 Å². The summed E-state index contributed by atoms with van der Waals surface area (Å²) in [6.45, 7) is 0.294. The maximum atomic E-state index is 13.2.